The number of rotatable bonds is 5. The summed E-state index contributed by atoms with van der Waals surface area (Å²) >= 11 is 0. The van der Waals surface area contributed by atoms with Crippen LogP contribution in [-0.2, 0) is 30.1 Å². The normalized spacial score (nSPS) is 24.5. The first-order valence-electron chi connectivity index (χ1n) is 12.3. The predicted molar refractivity (Wildman–Crippen MR) is 124 cm³/mol. The molecular formula is C26H25F7N4O2. The van der Waals surface area contributed by atoms with E-state index in [0.29, 0.717) is 42.3 Å². The van der Waals surface area contributed by atoms with Crippen LogP contribution >= 0.6 is 0 Å². The van der Waals surface area contributed by atoms with Crippen molar-refractivity contribution in [1.82, 2.24) is 20.1 Å². The Kier molecular flexibility index (Phi) is 7.18. The molecule has 6 nitrogen and oxygen atoms in total. The van der Waals surface area contributed by atoms with Crippen LogP contribution in [0.15, 0.2) is 42.5 Å². The number of aliphatic hydroxyl groups is 1. The third-order valence-electron chi connectivity index (χ3n) is 7.24. The van der Waals surface area contributed by atoms with Crippen LogP contribution in [0, 0.1) is 5.82 Å². The van der Waals surface area contributed by atoms with Gasteiger partial charge in [0.1, 0.15) is 17.5 Å². The maximum Gasteiger partial charge on any atom is 0.416 e. The number of alkyl halides is 6. The molecule has 5 atom stereocenters. The predicted octanol–water partition coefficient (Wildman–Crippen LogP) is 5.34. The van der Waals surface area contributed by atoms with Gasteiger partial charge in [-0.05, 0) is 54.8 Å². The first kappa shape index (κ1) is 27.5. The summed E-state index contributed by atoms with van der Waals surface area (Å²) in [6.07, 6.45) is -11.7. The van der Waals surface area contributed by atoms with Crippen LogP contribution in [0.25, 0.3) is 0 Å². The molecule has 2 aliphatic heterocycles. The number of aromatic nitrogens is 3. The number of fused-ring (bicyclic) bond motifs is 1. The van der Waals surface area contributed by atoms with Crippen molar-refractivity contribution in [1.29, 1.82) is 0 Å². The van der Waals surface area contributed by atoms with Crippen LogP contribution in [-0.4, -0.2) is 38.6 Å². The summed E-state index contributed by atoms with van der Waals surface area (Å²) in [6, 6.07) is 6.85. The highest BCUT2D eigenvalue weighted by molar-refractivity contribution is 5.35. The molecule has 0 saturated carbocycles. The van der Waals surface area contributed by atoms with Crippen molar-refractivity contribution >= 4 is 0 Å². The molecule has 39 heavy (non-hydrogen) atoms. The molecule has 210 valence electrons. The zero-order chi connectivity index (χ0) is 28.1. The molecule has 1 aromatic heterocycles. The van der Waals surface area contributed by atoms with Gasteiger partial charge in [0.25, 0.3) is 0 Å². The van der Waals surface area contributed by atoms with Gasteiger partial charge in [0.05, 0.1) is 35.5 Å². The number of hydrogen-bond donors (Lipinski definition) is 2. The molecule has 2 aromatic carbocycles. The highest BCUT2D eigenvalue weighted by atomic mass is 19.4. The lowest BCUT2D eigenvalue weighted by Gasteiger charge is -2.35. The van der Waals surface area contributed by atoms with Crippen LogP contribution in [0.5, 0.6) is 0 Å². The second-order valence-corrected chi connectivity index (χ2v) is 9.95. The minimum absolute atomic E-state index is 0.0795. The lowest BCUT2D eigenvalue weighted by Crippen LogP contribution is -2.36. The van der Waals surface area contributed by atoms with Crippen molar-refractivity contribution in [3.05, 3.63) is 82.2 Å². The van der Waals surface area contributed by atoms with Crippen LogP contribution in [0.3, 0.4) is 0 Å². The van der Waals surface area contributed by atoms with Crippen molar-refractivity contribution in [2.75, 3.05) is 6.54 Å². The van der Waals surface area contributed by atoms with Gasteiger partial charge in [-0.1, -0.05) is 12.1 Å². The Morgan fingerprint density at radius 1 is 1.00 bits per heavy atom. The summed E-state index contributed by atoms with van der Waals surface area (Å²) in [5, 5.41) is 21.6. The van der Waals surface area contributed by atoms with Crippen LogP contribution < -0.4 is 5.32 Å². The molecule has 13 heteroatoms. The lowest BCUT2D eigenvalue weighted by molar-refractivity contribution is -0.143. The smallest absolute Gasteiger partial charge is 0.392 e. The van der Waals surface area contributed by atoms with E-state index in [1.165, 1.54) is 19.1 Å². The Morgan fingerprint density at radius 2 is 1.64 bits per heavy atom. The molecule has 0 amide bonds. The van der Waals surface area contributed by atoms with Gasteiger partial charge in [-0.15, -0.1) is 10.2 Å². The van der Waals surface area contributed by atoms with Crippen molar-refractivity contribution in [2.45, 2.75) is 68.9 Å². The molecular weight excluding hydrogens is 533 g/mol. The van der Waals surface area contributed by atoms with Gasteiger partial charge in [-0.3, -0.25) is 0 Å². The number of ether oxygens (including phenoxy) is 1. The van der Waals surface area contributed by atoms with Crippen molar-refractivity contribution < 1.29 is 40.6 Å². The second kappa shape index (κ2) is 10.2. The molecule has 3 heterocycles. The Bertz CT molecular complexity index is 1290. The summed E-state index contributed by atoms with van der Waals surface area (Å²) in [7, 11) is 0. The maximum atomic E-state index is 13.7. The number of aliphatic hydroxyl groups excluding tert-OH is 1. The molecule has 1 saturated heterocycles. The fourth-order valence-electron chi connectivity index (χ4n) is 5.23. The Hall–Kier alpha value is -3.03. The molecule has 0 unspecified atom stereocenters. The fourth-order valence-corrected chi connectivity index (χ4v) is 5.23. The van der Waals surface area contributed by atoms with Crippen LogP contribution in [0.2, 0.25) is 0 Å². The molecule has 1 fully saturated rings. The van der Waals surface area contributed by atoms with E-state index in [0.717, 1.165) is 0 Å². The monoisotopic (exact) mass is 558 g/mol. The number of nitrogens with one attached hydrogen (secondary N) is 1. The average Bonchev–Trinajstić information content (AvgIpc) is 3.48. The summed E-state index contributed by atoms with van der Waals surface area (Å²) in [6.45, 7) is 2.08. The second-order valence-electron chi connectivity index (χ2n) is 9.95. The van der Waals surface area contributed by atoms with Crippen LogP contribution in [0.4, 0.5) is 30.7 Å². The van der Waals surface area contributed by atoms with Crippen molar-refractivity contribution in [3.63, 3.8) is 0 Å². The first-order chi connectivity index (χ1) is 18.3. The van der Waals surface area contributed by atoms with E-state index in [1.807, 2.05) is 4.57 Å². The number of β-amino-alcohol motifs (C(OH)–C–C–N with tert-alkyl or cyclic N) is 1. The summed E-state index contributed by atoms with van der Waals surface area (Å²) in [5.74, 6) is 0.241. The van der Waals surface area contributed by atoms with E-state index >= 15 is 0 Å². The summed E-state index contributed by atoms with van der Waals surface area (Å²) in [4.78, 5) is 0. The summed E-state index contributed by atoms with van der Waals surface area (Å²) in [5.41, 5.74) is -2.43. The maximum absolute atomic E-state index is 13.7. The van der Waals surface area contributed by atoms with Crippen LogP contribution in [0.1, 0.15) is 65.3 Å². The molecule has 0 aliphatic carbocycles. The van der Waals surface area contributed by atoms with E-state index in [-0.39, 0.29) is 30.6 Å². The number of hydrogen-bond acceptors (Lipinski definition) is 5. The zero-order valence-electron chi connectivity index (χ0n) is 20.6. The first-order valence-corrected chi connectivity index (χ1v) is 12.3. The Morgan fingerprint density at radius 3 is 2.21 bits per heavy atom. The molecule has 0 radical (unpaired) electrons. The topological polar surface area (TPSA) is 72.2 Å². The SMILES string of the molecule is C[C@@H](O[C@H]1Cc2nnc([C@@H]3C[C@@H](O)CN3)n2C[C@@H]1c1ccc(F)cc1)c1cc(C(F)(F)F)cc(C(F)(F)F)c1. The largest absolute Gasteiger partial charge is 0.416 e. The highest BCUT2D eigenvalue weighted by Crippen LogP contribution is 2.40. The molecule has 3 aromatic rings. The molecule has 2 aliphatic rings. The third-order valence-corrected chi connectivity index (χ3v) is 7.24. The lowest BCUT2D eigenvalue weighted by atomic mass is 9.88. The van der Waals surface area contributed by atoms with Gasteiger partial charge in [0.15, 0.2) is 0 Å². The van der Waals surface area contributed by atoms with E-state index in [9.17, 15) is 35.8 Å². The van der Waals surface area contributed by atoms with E-state index in [2.05, 4.69) is 15.5 Å². The highest BCUT2D eigenvalue weighted by Gasteiger charge is 2.40. The van der Waals surface area contributed by atoms with E-state index < -0.39 is 53.5 Å². The van der Waals surface area contributed by atoms with E-state index in [4.69, 9.17) is 4.74 Å². The van der Waals surface area contributed by atoms with Gasteiger partial charge < -0.3 is 19.7 Å². The van der Waals surface area contributed by atoms with Gasteiger partial charge in [0, 0.05) is 25.4 Å². The summed E-state index contributed by atoms with van der Waals surface area (Å²) < 4.78 is 102. The van der Waals surface area contributed by atoms with Crippen molar-refractivity contribution in [2.24, 2.45) is 0 Å². The Balaban J connectivity index is 1.48. The van der Waals surface area contributed by atoms with Crippen molar-refractivity contribution in [3.8, 4) is 0 Å². The third kappa shape index (κ3) is 5.80. The van der Waals surface area contributed by atoms with Gasteiger partial charge in [-0.25, -0.2) is 4.39 Å². The molecule has 2 N–H and O–H groups in total. The quantitative estimate of drug-likeness (QED) is 0.414. The average molecular weight is 558 g/mol. The molecule has 5 rings (SSSR count). The zero-order valence-corrected chi connectivity index (χ0v) is 20.6. The van der Waals surface area contributed by atoms with Gasteiger partial charge in [0.2, 0.25) is 0 Å². The van der Waals surface area contributed by atoms with E-state index in [1.54, 1.807) is 12.1 Å². The number of benzene rings is 2. The number of nitrogens with zero attached hydrogens (tertiary/aromatic N) is 3. The fraction of sp³-hybridized carbons (Fsp3) is 0.462. The number of halogens is 7. The minimum Gasteiger partial charge on any atom is -0.392 e. The minimum atomic E-state index is -4.98. The Labute approximate surface area is 218 Å². The molecule has 0 spiro atoms. The van der Waals surface area contributed by atoms with Gasteiger partial charge >= 0.3 is 12.4 Å². The van der Waals surface area contributed by atoms with Gasteiger partial charge in [-0.2, -0.15) is 26.3 Å². The molecule has 0 bridgehead atoms. The standard InChI is InChI=1S/C26H25F7N4O2/c1-13(15-6-16(25(28,29)30)8-17(7-15)26(31,32)33)39-22-10-23-35-36-24(21-9-19(38)11-34-21)37(23)12-20(22)14-2-4-18(27)5-3-14/h2-8,13,19-22,34,38H,9-12H2,1H3/t13-,19-,20-,21+,22+/m1/s1.